The van der Waals surface area contributed by atoms with Crippen LogP contribution >= 0.6 is 10.7 Å². The van der Waals surface area contributed by atoms with Crippen molar-refractivity contribution in [2.24, 2.45) is 5.92 Å². The molecular formula is C15H17ClF2N2O3S. The van der Waals surface area contributed by atoms with Gasteiger partial charge in [-0.15, -0.1) is 0 Å². The fraction of sp³-hybridized carbons (Fsp3) is 0.533. The van der Waals surface area contributed by atoms with E-state index in [4.69, 9.17) is 15.4 Å². The summed E-state index contributed by atoms with van der Waals surface area (Å²) in [4.78, 5) is 3.83. The minimum absolute atomic E-state index is 0.154. The highest BCUT2D eigenvalue weighted by Crippen LogP contribution is 2.32. The molecule has 1 aromatic carbocycles. The first-order valence-electron chi connectivity index (χ1n) is 7.57. The van der Waals surface area contributed by atoms with E-state index in [0.29, 0.717) is 25.3 Å². The van der Waals surface area contributed by atoms with Crippen molar-refractivity contribution in [2.45, 2.75) is 37.1 Å². The van der Waals surface area contributed by atoms with Gasteiger partial charge in [0.1, 0.15) is 0 Å². The minimum atomic E-state index is -3.94. The molecule has 0 aliphatic carbocycles. The van der Waals surface area contributed by atoms with Crippen LogP contribution in [0, 0.1) is 5.92 Å². The molecule has 0 saturated carbocycles. The maximum absolute atomic E-state index is 14.0. The zero-order valence-electron chi connectivity index (χ0n) is 13.0. The first-order chi connectivity index (χ1) is 11.2. The number of nitrogens with zero attached hydrogens (tertiary/aromatic N) is 2. The minimum Gasteiger partial charge on any atom is -0.381 e. The highest BCUT2D eigenvalue weighted by Gasteiger charge is 2.33. The predicted octanol–water partition coefficient (Wildman–Crippen LogP) is 3.50. The molecule has 24 heavy (non-hydrogen) atoms. The molecule has 0 N–H and O–H groups in total. The van der Waals surface area contributed by atoms with Crippen molar-refractivity contribution in [2.75, 3.05) is 13.2 Å². The number of imidazole rings is 1. The third kappa shape index (κ3) is 3.55. The fourth-order valence-corrected chi connectivity index (χ4v) is 3.74. The molecule has 0 amide bonds. The summed E-state index contributed by atoms with van der Waals surface area (Å²) in [6.45, 7) is 2.41. The normalized spacial score (nSPS) is 17.5. The predicted molar refractivity (Wildman–Crippen MR) is 85.9 cm³/mol. The van der Waals surface area contributed by atoms with Crippen LogP contribution in [0.4, 0.5) is 8.78 Å². The summed E-state index contributed by atoms with van der Waals surface area (Å²) in [5.41, 5.74) is 0.669. The molecule has 0 unspecified atom stereocenters. The fourth-order valence-electron chi connectivity index (χ4n) is 2.97. The Morgan fingerprint density at radius 1 is 1.38 bits per heavy atom. The number of alkyl halides is 2. The van der Waals surface area contributed by atoms with Gasteiger partial charge < -0.3 is 9.30 Å². The van der Waals surface area contributed by atoms with E-state index in [1.165, 1.54) is 22.8 Å². The molecule has 132 valence electrons. The van der Waals surface area contributed by atoms with E-state index in [-0.39, 0.29) is 22.2 Å². The first-order valence-corrected chi connectivity index (χ1v) is 9.88. The molecule has 2 heterocycles. The largest absolute Gasteiger partial charge is 0.381 e. The van der Waals surface area contributed by atoms with Gasteiger partial charge in [0.15, 0.2) is 5.82 Å². The maximum Gasteiger partial charge on any atom is 0.302 e. The van der Waals surface area contributed by atoms with Gasteiger partial charge >= 0.3 is 5.92 Å². The number of ether oxygens (including phenoxy) is 1. The van der Waals surface area contributed by atoms with E-state index >= 15 is 0 Å². The molecule has 3 rings (SSSR count). The van der Waals surface area contributed by atoms with Gasteiger partial charge in [0.05, 0.1) is 15.9 Å². The summed E-state index contributed by atoms with van der Waals surface area (Å²) < 4.78 is 57.7. The molecule has 0 atom stereocenters. The van der Waals surface area contributed by atoms with Crippen LogP contribution in [-0.4, -0.2) is 31.2 Å². The highest BCUT2D eigenvalue weighted by molar-refractivity contribution is 8.13. The van der Waals surface area contributed by atoms with Gasteiger partial charge in [-0.1, -0.05) is 0 Å². The molecule has 0 radical (unpaired) electrons. The van der Waals surface area contributed by atoms with Crippen LogP contribution < -0.4 is 0 Å². The smallest absolute Gasteiger partial charge is 0.302 e. The highest BCUT2D eigenvalue weighted by atomic mass is 35.7. The Labute approximate surface area is 143 Å². The zero-order chi connectivity index (χ0) is 17.5. The summed E-state index contributed by atoms with van der Waals surface area (Å²) in [5, 5.41) is 0. The molecule has 9 heteroatoms. The first kappa shape index (κ1) is 17.6. The molecule has 1 aliphatic heterocycles. The molecular weight excluding hydrogens is 362 g/mol. The van der Waals surface area contributed by atoms with Crippen molar-refractivity contribution in [3.8, 4) is 0 Å². The second-order valence-electron chi connectivity index (χ2n) is 6.08. The van der Waals surface area contributed by atoms with Crippen molar-refractivity contribution >= 4 is 30.8 Å². The SMILES string of the molecule is CC(F)(F)c1nc2cc(S(=O)(=O)Cl)ccc2n1CC1CCOCC1. The maximum atomic E-state index is 14.0. The standard InChI is InChI=1S/C15H17ClF2N2O3S/c1-15(17,18)14-19-12-8-11(24(16,21)22)2-3-13(12)20(14)9-10-4-6-23-7-5-10/h2-3,8,10H,4-7,9H2,1H3. The van der Waals surface area contributed by atoms with E-state index in [1.54, 1.807) is 0 Å². The van der Waals surface area contributed by atoms with Crippen molar-refractivity contribution in [1.82, 2.24) is 9.55 Å². The third-order valence-electron chi connectivity index (χ3n) is 4.18. The van der Waals surface area contributed by atoms with Crippen LogP contribution in [-0.2, 0) is 26.3 Å². The van der Waals surface area contributed by atoms with Crippen LogP contribution in [0.5, 0.6) is 0 Å². The van der Waals surface area contributed by atoms with Crippen molar-refractivity contribution < 1.29 is 21.9 Å². The Morgan fingerprint density at radius 3 is 2.62 bits per heavy atom. The van der Waals surface area contributed by atoms with Crippen molar-refractivity contribution in [3.05, 3.63) is 24.0 Å². The lowest BCUT2D eigenvalue weighted by Gasteiger charge is -2.24. The Hall–Kier alpha value is -1.25. The molecule has 5 nitrogen and oxygen atoms in total. The molecule has 1 fully saturated rings. The Morgan fingerprint density at radius 2 is 2.04 bits per heavy atom. The quantitative estimate of drug-likeness (QED) is 0.764. The molecule has 1 aromatic heterocycles. The molecule has 2 aromatic rings. The topological polar surface area (TPSA) is 61.2 Å². The number of halogens is 3. The van der Waals surface area contributed by atoms with E-state index in [2.05, 4.69) is 4.98 Å². The number of hydrogen-bond acceptors (Lipinski definition) is 4. The van der Waals surface area contributed by atoms with Gasteiger partial charge in [-0.3, -0.25) is 0 Å². The number of fused-ring (bicyclic) bond motifs is 1. The van der Waals surface area contributed by atoms with Gasteiger partial charge in [0.25, 0.3) is 9.05 Å². The van der Waals surface area contributed by atoms with Gasteiger partial charge in [0.2, 0.25) is 0 Å². The summed E-state index contributed by atoms with van der Waals surface area (Å²) in [7, 11) is 1.39. The summed E-state index contributed by atoms with van der Waals surface area (Å²) in [6.07, 6.45) is 1.59. The van der Waals surface area contributed by atoms with Gasteiger partial charge in [-0.25, -0.2) is 13.4 Å². The monoisotopic (exact) mass is 378 g/mol. The average Bonchev–Trinajstić information content (AvgIpc) is 2.86. The summed E-state index contributed by atoms with van der Waals surface area (Å²) in [5.74, 6) is -3.29. The molecule has 0 spiro atoms. The van der Waals surface area contributed by atoms with Gasteiger partial charge in [-0.2, -0.15) is 8.78 Å². The third-order valence-corrected chi connectivity index (χ3v) is 5.53. The number of rotatable bonds is 4. The van der Waals surface area contributed by atoms with Crippen LogP contribution in [0.15, 0.2) is 23.1 Å². The van der Waals surface area contributed by atoms with Crippen LogP contribution in [0.25, 0.3) is 11.0 Å². The van der Waals surface area contributed by atoms with E-state index in [1.807, 2.05) is 0 Å². The molecule has 1 saturated heterocycles. The van der Waals surface area contributed by atoms with Gasteiger partial charge in [0, 0.05) is 37.4 Å². The second-order valence-corrected chi connectivity index (χ2v) is 8.64. The Kier molecular flexibility index (Phi) is 4.57. The van der Waals surface area contributed by atoms with Gasteiger partial charge in [-0.05, 0) is 37.0 Å². The lowest BCUT2D eigenvalue weighted by atomic mass is 10.00. The van der Waals surface area contributed by atoms with Crippen molar-refractivity contribution in [3.63, 3.8) is 0 Å². The van der Waals surface area contributed by atoms with Crippen molar-refractivity contribution in [1.29, 1.82) is 0 Å². The lowest BCUT2D eigenvalue weighted by molar-refractivity contribution is 0.00222. The zero-order valence-corrected chi connectivity index (χ0v) is 14.6. The average molecular weight is 379 g/mol. The molecule has 1 aliphatic rings. The second kappa shape index (κ2) is 6.24. The number of aromatic nitrogens is 2. The number of hydrogen-bond donors (Lipinski definition) is 0. The lowest BCUT2D eigenvalue weighted by Crippen LogP contribution is -2.24. The Balaban J connectivity index is 2.10. The van der Waals surface area contributed by atoms with E-state index < -0.39 is 15.0 Å². The van der Waals surface area contributed by atoms with E-state index in [9.17, 15) is 17.2 Å². The Bertz CT molecular complexity index is 855. The van der Waals surface area contributed by atoms with Crippen LogP contribution in [0.2, 0.25) is 0 Å². The van der Waals surface area contributed by atoms with Crippen LogP contribution in [0.1, 0.15) is 25.6 Å². The summed E-state index contributed by atoms with van der Waals surface area (Å²) in [6, 6.07) is 4.02. The van der Waals surface area contributed by atoms with Crippen LogP contribution in [0.3, 0.4) is 0 Å². The number of benzene rings is 1. The van der Waals surface area contributed by atoms with E-state index in [0.717, 1.165) is 19.8 Å². The molecule has 0 bridgehead atoms. The summed E-state index contributed by atoms with van der Waals surface area (Å²) >= 11 is 0.